The fourth-order valence-electron chi connectivity index (χ4n) is 1.65. The molecule has 1 heterocycles. The van der Waals surface area contributed by atoms with Crippen molar-refractivity contribution in [1.29, 1.82) is 0 Å². The number of carbonyl (C=O) groups is 1. The number of nitrogens with zero attached hydrogens (tertiary/aromatic N) is 2. The van der Waals surface area contributed by atoms with Gasteiger partial charge >= 0.3 is 6.09 Å². The van der Waals surface area contributed by atoms with E-state index in [1.165, 1.54) is 0 Å². The van der Waals surface area contributed by atoms with E-state index in [1.807, 2.05) is 44.2 Å². The van der Waals surface area contributed by atoms with Gasteiger partial charge in [-0.15, -0.1) is 10.2 Å². The summed E-state index contributed by atoms with van der Waals surface area (Å²) in [5, 5.41) is 10.5. The van der Waals surface area contributed by atoms with Gasteiger partial charge in [0, 0.05) is 18.9 Å². The summed E-state index contributed by atoms with van der Waals surface area (Å²) in [6.07, 6.45) is 0.0302. The van der Waals surface area contributed by atoms with Crippen molar-refractivity contribution < 1.29 is 13.9 Å². The molecule has 0 aliphatic heterocycles. The van der Waals surface area contributed by atoms with Crippen LogP contribution in [0.1, 0.15) is 37.1 Å². The number of ether oxygens (including phenoxy) is 1. The number of hydrogen-bond acceptors (Lipinski definition) is 5. The van der Waals surface area contributed by atoms with Gasteiger partial charge < -0.3 is 14.5 Å². The summed E-state index contributed by atoms with van der Waals surface area (Å²) in [4.78, 5) is 11.5. The molecule has 0 atom stereocenters. The molecule has 0 fully saturated rings. The van der Waals surface area contributed by atoms with E-state index in [0.717, 1.165) is 5.56 Å². The first-order valence-electron chi connectivity index (χ1n) is 6.92. The minimum atomic E-state index is -0.456. The molecular weight excluding hydrogens is 270 g/mol. The lowest BCUT2D eigenvalue weighted by atomic mass is 10.2. The van der Waals surface area contributed by atoms with Crippen LogP contribution in [0.5, 0.6) is 0 Å². The lowest BCUT2D eigenvalue weighted by Gasteiger charge is -2.05. The number of benzene rings is 1. The van der Waals surface area contributed by atoms with Crippen molar-refractivity contribution in [3.05, 3.63) is 47.7 Å². The van der Waals surface area contributed by atoms with E-state index in [4.69, 9.17) is 9.15 Å². The maximum atomic E-state index is 11.5. The molecule has 0 saturated carbocycles. The molecule has 0 unspecified atom stereocenters. The Bertz CT molecular complexity index is 567. The Morgan fingerprint density at radius 1 is 1.29 bits per heavy atom. The zero-order chi connectivity index (χ0) is 15.1. The highest BCUT2D eigenvalue weighted by Gasteiger charge is 2.10. The largest absolute Gasteiger partial charge is 0.445 e. The highest BCUT2D eigenvalue weighted by molar-refractivity contribution is 5.67. The molecule has 2 rings (SSSR count). The van der Waals surface area contributed by atoms with Crippen molar-refractivity contribution in [2.75, 3.05) is 6.54 Å². The van der Waals surface area contributed by atoms with Crippen LogP contribution in [0.25, 0.3) is 0 Å². The predicted octanol–water partition coefficient (Wildman–Crippen LogP) is 2.66. The third-order valence-electron chi connectivity index (χ3n) is 2.80. The predicted molar refractivity (Wildman–Crippen MR) is 76.7 cm³/mol. The summed E-state index contributed by atoms with van der Waals surface area (Å²) in [5.41, 5.74) is 0.950. The lowest BCUT2D eigenvalue weighted by molar-refractivity contribution is 0.139. The molecule has 2 aromatic rings. The highest BCUT2D eigenvalue weighted by atomic mass is 16.5. The Labute approximate surface area is 123 Å². The van der Waals surface area contributed by atoms with Gasteiger partial charge in [-0.05, 0) is 5.56 Å². The molecule has 0 aliphatic carbocycles. The van der Waals surface area contributed by atoms with Gasteiger partial charge in [0.05, 0.1) is 0 Å². The first-order chi connectivity index (χ1) is 10.1. The number of aromatic nitrogens is 2. The van der Waals surface area contributed by atoms with Gasteiger partial charge in [0.1, 0.15) is 6.61 Å². The van der Waals surface area contributed by atoms with Gasteiger partial charge in [-0.3, -0.25) is 0 Å². The van der Waals surface area contributed by atoms with Crippen LogP contribution in [0.4, 0.5) is 4.79 Å². The van der Waals surface area contributed by atoms with Crippen molar-refractivity contribution in [2.45, 2.75) is 32.8 Å². The summed E-state index contributed by atoms with van der Waals surface area (Å²) in [6, 6.07) is 9.52. The quantitative estimate of drug-likeness (QED) is 0.884. The fourth-order valence-corrected chi connectivity index (χ4v) is 1.65. The second-order valence-electron chi connectivity index (χ2n) is 4.93. The van der Waals surface area contributed by atoms with Crippen molar-refractivity contribution >= 4 is 6.09 Å². The Morgan fingerprint density at radius 3 is 2.71 bits per heavy atom. The van der Waals surface area contributed by atoms with Gasteiger partial charge in [0.15, 0.2) is 0 Å². The molecule has 1 aromatic heterocycles. The Hall–Kier alpha value is -2.37. The topological polar surface area (TPSA) is 77.2 Å². The standard InChI is InChI=1S/C15H19N3O3/c1-11(2)14-18-17-13(21-14)8-9-16-15(19)20-10-12-6-4-3-5-7-12/h3-7,11H,8-10H2,1-2H3,(H,16,19). The molecule has 0 saturated heterocycles. The van der Waals surface area contributed by atoms with Crippen LogP contribution in [0.15, 0.2) is 34.7 Å². The fraction of sp³-hybridized carbons (Fsp3) is 0.400. The van der Waals surface area contributed by atoms with Crippen LogP contribution >= 0.6 is 0 Å². The van der Waals surface area contributed by atoms with Crippen LogP contribution < -0.4 is 5.32 Å². The summed E-state index contributed by atoms with van der Waals surface area (Å²) < 4.78 is 10.5. The summed E-state index contributed by atoms with van der Waals surface area (Å²) in [6.45, 7) is 4.62. The van der Waals surface area contributed by atoms with Gasteiger partial charge in [-0.1, -0.05) is 44.2 Å². The van der Waals surface area contributed by atoms with E-state index in [-0.39, 0.29) is 12.5 Å². The molecular formula is C15H19N3O3. The van der Waals surface area contributed by atoms with Gasteiger partial charge in [-0.2, -0.15) is 0 Å². The second kappa shape index (κ2) is 7.42. The summed E-state index contributed by atoms with van der Waals surface area (Å²) in [5.74, 6) is 1.33. The summed E-state index contributed by atoms with van der Waals surface area (Å²) >= 11 is 0. The molecule has 0 radical (unpaired) electrons. The normalized spacial score (nSPS) is 10.6. The molecule has 6 heteroatoms. The number of amides is 1. The highest BCUT2D eigenvalue weighted by Crippen LogP contribution is 2.11. The SMILES string of the molecule is CC(C)c1nnc(CCNC(=O)OCc2ccccc2)o1. The van der Waals surface area contributed by atoms with Crippen LogP contribution in [0, 0.1) is 0 Å². The first-order valence-corrected chi connectivity index (χ1v) is 6.92. The number of alkyl carbamates (subject to hydrolysis) is 1. The molecule has 1 amide bonds. The third kappa shape index (κ3) is 4.91. The number of nitrogens with one attached hydrogen (secondary N) is 1. The minimum absolute atomic E-state index is 0.204. The zero-order valence-corrected chi connectivity index (χ0v) is 12.2. The molecule has 1 aromatic carbocycles. The van der Waals surface area contributed by atoms with Gasteiger partial charge in [-0.25, -0.2) is 4.79 Å². The van der Waals surface area contributed by atoms with Gasteiger partial charge in [0.25, 0.3) is 0 Å². The number of carbonyl (C=O) groups excluding carboxylic acids is 1. The molecule has 6 nitrogen and oxygen atoms in total. The van der Waals surface area contributed by atoms with E-state index in [1.54, 1.807) is 0 Å². The monoisotopic (exact) mass is 289 g/mol. The molecule has 112 valence electrons. The van der Waals surface area contributed by atoms with E-state index < -0.39 is 6.09 Å². The third-order valence-corrected chi connectivity index (χ3v) is 2.80. The first kappa shape index (κ1) is 15.0. The molecule has 0 bridgehead atoms. The Morgan fingerprint density at radius 2 is 2.05 bits per heavy atom. The van der Waals surface area contributed by atoms with Crippen LogP contribution in [0.2, 0.25) is 0 Å². The minimum Gasteiger partial charge on any atom is -0.445 e. The van der Waals surface area contributed by atoms with Crippen LogP contribution in [-0.4, -0.2) is 22.8 Å². The van der Waals surface area contributed by atoms with Crippen LogP contribution in [0.3, 0.4) is 0 Å². The average Bonchev–Trinajstić information content (AvgIpc) is 2.95. The van der Waals surface area contributed by atoms with E-state index >= 15 is 0 Å². The molecule has 1 N–H and O–H groups in total. The van der Waals surface area contributed by atoms with E-state index in [0.29, 0.717) is 24.7 Å². The number of rotatable bonds is 6. The average molecular weight is 289 g/mol. The van der Waals surface area contributed by atoms with Crippen molar-refractivity contribution in [3.8, 4) is 0 Å². The number of hydrogen-bond donors (Lipinski definition) is 1. The molecule has 21 heavy (non-hydrogen) atoms. The second-order valence-corrected chi connectivity index (χ2v) is 4.93. The maximum Gasteiger partial charge on any atom is 0.407 e. The van der Waals surface area contributed by atoms with Gasteiger partial charge in [0.2, 0.25) is 11.8 Å². The van der Waals surface area contributed by atoms with E-state index in [2.05, 4.69) is 15.5 Å². The van der Waals surface area contributed by atoms with Crippen molar-refractivity contribution in [3.63, 3.8) is 0 Å². The van der Waals surface area contributed by atoms with E-state index in [9.17, 15) is 4.79 Å². The van der Waals surface area contributed by atoms with Crippen LogP contribution in [-0.2, 0) is 17.8 Å². The van der Waals surface area contributed by atoms with Crippen molar-refractivity contribution in [2.24, 2.45) is 0 Å². The maximum absolute atomic E-state index is 11.5. The molecule has 0 aliphatic rings. The Balaban J connectivity index is 1.67. The Kier molecular flexibility index (Phi) is 5.31. The smallest absolute Gasteiger partial charge is 0.407 e. The zero-order valence-electron chi connectivity index (χ0n) is 12.2. The molecule has 0 spiro atoms. The van der Waals surface area contributed by atoms with Crippen molar-refractivity contribution in [1.82, 2.24) is 15.5 Å². The lowest BCUT2D eigenvalue weighted by Crippen LogP contribution is -2.26. The summed E-state index contributed by atoms with van der Waals surface area (Å²) in [7, 11) is 0.